The Bertz CT molecular complexity index is 1130. The Hall–Kier alpha value is -3.10. The van der Waals surface area contributed by atoms with E-state index in [2.05, 4.69) is 6.92 Å². The smallest absolute Gasteiger partial charge is 0.254 e. The molecular formula is C29H36N2O6. The summed E-state index contributed by atoms with van der Waals surface area (Å²) >= 11 is 0. The van der Waals surface area contributed by atoms with Crippen LogP contribution in [0.25, 0.3) is 0 Å². The molecule has 2 aromatic carbocycles. The van der Waals surface area contributed by atoms with Crippen LogP contribution in [0.1, 0.15) is 48.5 Å². The molecule has 8 heteroatoms. The number of anilines is 1. The van der Waals surface area contributed by atoms with Crippen molar-refractivity contribution in [3.8, 4) is 11.5 Å². The highest BCUT2D eigenvalue weighted by Crippen LogP contribution is 2.33. The molecule has 5 rings (SSSR count). The standard InChI is InChI=1S/C29H36N2O6/c1-29(18-35-19-29)20-37-26-14-21(10-11-25(26)34-2)16-30(17-24-8-5-13-36-24)28(33)22-6-3-7-23(15-22)31-12-4-9-27(31)32/h3,6-7,10-11,14-15,24H,4-5,8-9,12-13,16-20H2,1-2H3/t24-/m0/s1. The van der Waals surface area contributed by atoms with Crippen LogP contribution in [-0.4, -0.2) is 69.4 Å². The number of hydrogen-bond donors (Lipinski definition) is 0. The second-order valence-corrected chi connectivity index (χ2v) is 10.6. The van der Waals surface area contributed by atoms with E-state index in [0.29, 0.717) is 62.9 Å². The van der Waals surface area contributed by atoms with Crippen molar-refractivity contribution in [2.24, 2.45) is 5.41 Å². The van der Waals surface area contributed by atoms with Gasteiger partial charge in [0.1, 0.15) is 0 Å². The zero-order valence-electron chi connectivity index (χ0n) is 21.7. The van der Waals surface area contributed by atoms with Crippen LogP contribution in [0.4, 0.5) is 5.69 Å². The average molecular weight is 509 g/mol. The molecule has 0 unspecified atom stereocenters. The third kappa shape index (κ3) is 5.91. The molecule has 198 valence electrons. The van der Waals surface area contributed by atoms with Gasteiger partial charge in [0.2, 0.25) is 5.91 Å². The minimum Gasteiger partial charge on any atom is -0.493 e. The molecule has 3 aliphatic rings. The summed E-state index contributed by atoms with van der Waals surface area (Å²) in [6.07, 6.45) is 3.35. The zero-order valence-corrected chi connectivity index (χ0v) is 21.7. The van der Waals surface area contributed by atoms with E-state index in [1.807, 2.05) is 47.4 Å². The lowest BCUT2D eigenvalue weighted by molar-refractivity contribution is -0.120. The van der Waals surface area contributed by atoms with Crippen LogP contribution in [-0.2, 0) is 20.8 Å². The summed E-state index contributed by atoms with van der Waals surface area (Å²) in [6.45, 7) is 6.36. The van der Waals surface area contributed by atoms with Gasteiger partial charge in [-0.3, -0.25) is 9.59 Å². The molecular weight excluding hydrogens is 472 g/mol. The first-order valence-corrected chi connectivity index (χ1v) is 13.1. The number of nitrogens with zero attached hydrogens (tertiary/aromatic N) is 2. The molecule has 0 radical (unpaired) electrons. The largest absolute Gasteiger partial charge is 0.493 e. The zero-order chi connectivity index (χ0) is 25.8. The lowest BCUT2D eigenvalue weighted by Crippen LogP contribution is -2.44. The summed E-state index contributed by atoms with van der Waals surface area (Å²) < 4.78 is 22.9. The third-order valence-corrected chi connectivity index (χ3v) is 7.29. The lowest BCUT2D eigenvalue weighted by Gasteiger charge is -2.37. The SMILES string of the molecule is COc1ccc(CN(C[C@@H]2CCCO2)C(=O)c2cccc(N3CCCC3=O)c2)cc1OCC1(C)COC1. The first-order valence-electron chi connectivity index (χ1n) is 13.1. The van der Waals surface area contributed by atoms with Crippen molar-refractivity contribution in [1.29, 1.82) is 0 Å². The van der Waals surface area contributed by atoms with Crippen molar-refractivity contribution in [1.82, 2.24) is 4.90 Å². The van der Waals surface area contributed by atoms with Crippen molar-refractivity contribution in [3.05, 3.63) is 53.6 Å². The second-order valence-electron chi connectivity index (χ2n) is 10.6. The maximum atomic E-state index is 13.8. The fourth-order valence-corrected chi connectivity index (χ4v) is 5.10. The van der Waals surface area contributed by atoms with Gasteiger partial charge in [-0.25, -0.2) is 0 Å². The molecule has 0 aromatic heterocycles. The van der Waals surface area contributed by atoms with Crippen LogP contribution < -0.4 is 14.4 Å². The van der Waals surface area contributed by atoms with E-state index in [1.165, 1.54) is 0 Å². The van der Waals surface area contributed by atoms with Gasteiger partial charge in [0.25, 0.3) is 5.91 Å². The summed E-state index contributed by atoms with van der Waals surface area (Å²) in [5.74, 6) is 1.34. The number of benzene rings is 2. The minimum absolute atomic E-state index is 0.00453. The molecule has 37 heavy (non-hydrogen) atoms. The maximum Gasteiger partial charge on any atom is 0.254 e. The Morgan fingerprint density at radius 3 is 2.70 bits per heavy atom. The van der Waals surface area contributed by atoms with E-state index < -0.39 is 0 Å². The highest BCUT2D eigenvalue weighted by atomic mass is 16.5. The van der Waals surface area contributed by atoms with Crippen LogP contribution >= 0.6 is 0 Å². The van der Waals surface area contributed by atoms with Crippen molar-refractivity contribution in [2.45, 2.75) is 45.3 Å². The predicted molar refractivity (Wildman–Crippen MR) is 139 cm³/mol. The van der Waals surface area contributed by atoms with E-state index >= 15 is 0 Å². The van der Waals surface area contributed by atoms with Gasteiger partial charge in [-0.15, -0.1) is 0 Å². The average Bonchev–Trinajstić information content (AvgIpc) is 3.57. The molecule has 2 amide bonds. The second kappa shape index (κ2) is 11.1. The van der Waals surface area contributed by atoms with Crippen molar-refractivity contribution < 1.29 is 28.5 Å². The van der Waals surface area contributed by atoms with Crippen LogP contribution in [0.5, 0.6) is 11.5 Å². The number of rotatable bonds is 10. The Kier molecular flexibility index (Phi) is 7.67. The normalized spacial score (nSPS) is 20.5. The Morgan fingerprint density at radius 1 is 1.16 bits per heavy atom. The fourth-order valence-electron chi connectivity index (χ4n) is 5.10. The van der Waals surface area contributed by atoms with E-state index in [9.17, 15) is 9.59 Å². The van der Waals surface area contributed by atoms with Gasteiger partial charge in [-0.1, -0.05) is 19.1 Å². The van der Waals surface area contributed by atoms with Crippen molar-refractivity contribution >= 4 is 17.5 Å². The monoisotopic (exact) mass is 508 g/mol. The maximum absolute atomic E-state index is 13.8. The van der Waals surface area contributed by atoms with E-state index in [1.54, 1.807) is 12.0 Å². The summed E-state index contributed by atoms with van der Waals surface area (Å²) in [6, 6.07) is 13.2. The molecule has 3 aliphatic heterocycles. The molecule has 0 bridgehead atoms. The summed E-state index contributed by atoms with van der Waals surface area (Å²) in [5.41, 5.74) is 2.30. The summed E-state index contributed by atoms with van der Waals surface area (Å²) in [7, 11) is 1.63. The number of hydrogen-bond acceptors (Lipinski definition) is 6. The van der Waals surface area contributed by atoms with Crippen molar-refractivity contribution in [3.63, 3.8) is 0 Å². The van der Waals surface area contributed by atoms with Crippen LogP contribution in [0, 0.1) is 5.41 Å². The van der Waals surface area contributed by atoms with Crippen molar-refractivity contribution in [2.75, 3.05) is 51.5 Å². The Labute approximate surface area is 218 Å². The molecule has 0 N–H and O–H groups in total. The van der Waals surface area contributed by atoms with Gasteiger partial charge >= 0.3 is 0 Å². The fraction of sp³-hybridized carbons (Fsp3) is 0.517. The molecule has 1 atom stereocenters. The number of amides is 2. The quantitative estimate of drug-likeness (QED) is 0.482. The van der Waals surface area contributed by atoms with E-state index in [4.69, 9.17) is 18.9 Å². The molecule has 3 saturated heterocycles. The predicted octanol–water partition coefficient (Wildman–Crippen LogP) is 4.06. The summed E-state index contributed by atoms with van der Waals surface area (Å²) in [4.78, 5) is 29.7. The highest BCUT2D eigenvalue weighted by Gasteiger charge is 2.34. The number of carbonyl (C=O) groups is 2. The van der Waals surface area contributed by atoms with Gasteiger partial charge in [0.05, 0.1) is 33.0 Å². The summed E-state index contributed by atoms with van der Waals surface area (Å²) in [5, 5.41) is 0. The molecule has 8 nitrogen and oxygen atoms in total. The van der Waals surface area contributed by atoms with E-state index in [-0.39, 0.29) is 23.3 Å². The topological polar surface area (TPSA) is 77.5 Å². The highest BCUT2D eigenvalue weighted by molar-refractivity contribution is 5.99. The molecule has 0 saturated carbocycles. The van der Waals surface area contributed by atoms with Gasteiger partial charge in [0, 0.05) is 49.3 Å². The first kappa shape index (κ1) is 25.5. The van der Waals surface area contributed by atoms with Gasteiger partial charge in [0.15, 0.2) is 11.5 Å². The molecule has 0 aliphatic carbocycles. The van der Waals surface area contributed by atoms with Gasteiger partial charge < -0.3 is 28.7 Å². The number of ether oxygens (including phenoxy) is 4. The minimum atomic E-state index is -0.0820. The van der Waals surface area contributed by atoms with Crippen LogP contribution in [0.15, 0.2) is 42.5 Å². The van der Waals surface area contributed by atoms with Crippen LogP contribution in [0.2, 0.25) is 0 Å². The van der Waals surface area contributed by atoms with Crippen LogP contribution in [0.3, 0.4) is 0 Å². The Morgan fingerprint density at radius 2 is 2.03 bits per heavy atom. The molecule has 3 fully saturated rings. The Balaban J connectivity index is 1.36. The molecule has 3 heterocycles. The molecule has 2 aromatic rings. The lowest BCUT2D eigenvalue weighted by atomic mass is 9.90. The number of carbonyl (C=O) groups excluding carboxylic acids is 2. The van der Waals surface area contributed by atoms with Gasteiger partial charge in [-0.2, -0.15) is 0 Å². The first-order chi connectivity index (χ1) is 17.9. The molecule has 0 spiro atoms. The number of methoxy groups -OCH3 is 1. The van der Waals surface area contributed by atoms with Gasteiger partial charge in [-0.05, 0) is 55.2 Å². The van der Waals surface area contributed by atoms with E-state index in [0.717, 1.165) is 37.1 Å². The third-order valence-electron chi connectivity index (χ3n) is 7.29.